The molecule has 138 valence electrons. The lowest BCUT2D eigenvalue weighted by atomic mass is 10.2. The molecule has 0 aliphatic heterocycles. The zero-order chi connectivity index (χ0) is 19.4. The number of hydrogen-bond donors (Lipinski definition) is 1. The van der Waals surface area contributed by atoms with Gasteiger partial charge in [0, 0.05) is 12.6 Å². The van der Waals surface area contributed by atoms with E-state index < -0.39 is 0 Å². The van der Waals surface area contributed by atoms with Crippen molar-refractivity contribution in [1.82, 2.24) is 14.9 Å². The second-order valence-electron chi connectivity index (χ2n) is 5.86. The highest BCUT2D eigenvalue weighted by atomic mass is 35.5. The molecule has 2 aromatic carbocycles. The summed E-state index contributed by atoms with van der Waals surface area (Å²) in [4.78, 5) is 33.5. The number of halogens is 2. The van der Waals surface area contributed by atoms with E-state index in [2.05, 4.69) is 9.97 Å². The summed E-state index contributed by atoms with van der Waals surface area (Å²) >= 11 is 12.1. The number of hydrogen-bond acceptors (Lipinski definition) is 3. The molecule has 0 saturated carbocycles. The lowest BCUT2D eigenvalue weighted by molar-refractivity contribution is -0.126. The maximum Gasteiger partial charge on any atom is 0.258 e. The number of fused-ring (bicyclic) bond motifs is 1. The third-order valence-electron chi connectivity index (χ3n) is 4.08. The summed E-state index contributed by atoms with van der Waals surface area (Å²) in [6.07, 6.45) is 3.05. The van der Waals surface area contributed by atoms with Crippen molar-refractivity contribution in [2.45, 2.75) is 13.5 Å². The largest absolute Gasteiger partial charge is 0.332 e. The zero-order valence-electron chi connectivity index (χ0n) is 14.6. The minimum Gasteiger partial charge on any atom is -0.332 e. The zero-order valence-corrected chi connectivity index (χ0v) is 16.1. The van der Waals surface area contributed by atoms with Gasteiger partial charge in [0.2, 0.25) is 5.91 Å². The maximum absolute atomic E-state index is 12.5. The number of aromatic nitrogens is 2. The summed E-state index contributed by atoms with van der Waals surface area (Å²) in [7, 11) is 0. The average Bonchev–Trinajstić information content (AvgIpc) is 2.67. The van der Waals surface area contributed by atoms with Crippen molar-refractivity contribution in [1.29, 1.82) is 0 Å². The Kier molecular flexibility index (Phi) is 5.94. The molecule has 1 N–H and O–H groups in total. The molecule has 3 aromatic rings. The van der Waals surface area contributed by atoms with E-state index in [1.807, 2.05) is 13.0 Å². The predicted octanol–water partition coefficient (Wildman–Crippen LogP) is 4.29. The highest BCUT2D eigenvalue weighted by Crippen LogP contribution is 2.26. The van der Waals surface area contributed by atoms with Crippen molar-refractivity contribution in [3.8, 4) is 0 Å². The highest BCUT2D eigenvalue weighted by molar-refractivity contribution is 6.42. The number of H-pyrrole nitrogens is 1. The molecular formula is C20H17Cl2N3O2. The molecule has 0 atom stereocenters. The number of para-hydroxylation sites is 1. The Bertz CT molecular complexity index is 1080. The molecular weight excluding hydrogens is 385 g/mol. The van der Waals surface area contributed by atoms with Crippen LogP contribution >= 0.6 is 23.2 Å². The van der Waals surface area contributed by atoms with E-state index in [4.69, 9.17) is 23.2 Å². The summed E-state index contributed by atoms with van der Waals surface area (Å²) in [5.74, 6) is 0.215. The summed E-state index contributed by atoms with van der Waals surface area (Å²) in [5, 5.41) is 1.34. The predicted molar refractivity (Wildman–Crippen MR) is 109 cm³/mol. The molecule has 1 heterocycles. The van der Waals surface area contributed by atoms with Crippen LogP contribution in [0.5, 0.6) is 0 Å². The summed E-state index contributed by atoms with van der Waals surface area (Å²) < 4.78 is 0. The van der Waals surface area contributed by atoms with Gasteiger partial charge in [-0.15, -0.1) is 0 Å². The number of nitrogens with zero attached hydrogens (tertiary/aromatic N) is 2. The van der Waals surface area contributed by atoms with Crippen LogP contribution in [0.2, 0.25) is 10.0 Å². The quantitative estimate of drug-likeness (QED) is 0.648. The van der Waals surface area contributed by atoms with Crippen LogP contribution in [0.25, 0.3) is 17.0 Å². The average molecular weight is 402 g/mol. The van der Waals surface area contributed by atoms with Gasteiger partial charge in [0.25, 0.3) is 5.56 Å². The van der Waals surface area contributed by atoms with Gasteiger partial charge < -0.3 is 9.88 Å². The molecule has 3 rings (SSSR count). The number of nitrogens with one attached hydrogen (secondary N) is 1. The third kappa shape index (κ3) is 4.38. The minimum absolute atomic E-state index is 0.197. The van der Waals surface area contributed by atoms with Gasteiger partial charge in [-0.05, 0) is 36.8 Å². The van der Waals surface area contributed by atoms with Gasteiger partial charge in [0.15, 0.2) is 0 Å². The van der Waals surface area contributed by atoms with Crippen LogP contribution in [-0.4, -0.2) is 27.3 Å². The first kappa shape index (κ1) is 19.1. The third-order valence-corrected chi connectivity index (χ3v) is 4.92. The number of rotatable bonds is 5. The maximum atomic E-state index is 12.5. The van der Waals surface area contributed by atoms with Gasteiger partial charge in [0.1, 0.15) is 5.82 Å². The van der Waals surface area contributed by atoms with Gasteiger partial charge in [-0.25, -0.2) is 4.98 Å². The Morgan fingerprint density at radius 3 is 2.74 bits per heavy atom. The standard InChI is InChI=1S/C20H17Cl2N3O2/c1-2-25(18(26)11-10-13-6-5-8-15(21)19(13)22)12-17-23-16-9-4-3-7-14(16)20(27)24-17/h3-11H,2,12H2,1H3,(H,23,24,27). The molecule has 0 aliphatic rings. The van der Waals surface area contributed by atoms with Gasteiger partial charge in [0.05, 0.1) is 27.5 Å². The molecule has 0 fully saturated rings. The second kappa shape index (κ2) is 8.37. The smallest absolute Gasteiger partial charge is 0.258 e. The van der Waals surface area contributed by atoms with Crippen molar-refractivity contribution >= 4 is 46.1 Å². The van der Waals surface area contributed by atoms with Crippen molar-refractivity contribution in [3.05, 3.63) is 80.3 Å². The van der Waals surface area contributed by atoms with Crippen LogP contribution in [0, 0.1) is 0 Å². The van der Waals surface area contributed by atoms with Crippen LogP contribution in [0.3, 0.4) is 0 Å². The Labute approximate surface area is 166 Å². The number of carbonyl (C=O) groups is 1. The molecule has 1 amide bonds. The molecule has 5 nitrogen and oxygen atoms in total. The number of carbonyl (C=O) groups excluding carboxylic acids is 1. The first-order chi connectivity index (χ1) is 13.0. The van der Waals surface area contributed by atoms with Crippen molar-refractivity contribution in [3.63, 3.8) is 0 Å². The van der Waals surface area contributed by atoms with Crippen molar-refractivity contribution < 1.29 is 4.79 Å². The SMILES string of the molecule is CCN(Cc1nc2ccccc2c(=O)[nH]1)C(=O)C=Cc1cccc(Cl)c1Cl. The van der Waals surface area contributed by atoms with E-state index in [1.54, 1.807) is 47.4 Å². The highest BCUT2D eigenvalue weighted by Gasteiger charge is 2.12. The van der Waals surface area contributed by atoms with E-state index in [0.717, 1.165) is 0 Å². The molecule has 1 aromatic heterocycles. The fourth-order valence-corrected chi connectivity index (χ4v) is 3.02. The molecule has 0 unspecified atom stereocenters. The van der Waals surface area contributed by atoms with Crippen LogP contribution in [0.4, 0.5) is 0 Å². The van der Waals surface area contributed by atoms with E-state index in [0.29, 0.717) is 38.9 Å². The number of benzene rings is 2. The minimum atomic E-state index is -0.222. The Morgan fingerprint density at radius 1 is 1.19 bits per heavy atom. The molecule has 0 radical (unpaired) electrons. The fraction of sp³-hybridized carbons (Fsp3) is 0.150. The molecule has 7 heteroatoms. The Hall–Kier alpha value is -2.63. The Balaban J connectivity index is 1.81. The van der Waals surface area contributed by atoms with Crippen LogP contribution < -0.4 is 5.56 Å². The van der Waals surface area contributed by atoms with Crippen LogP contribution in [0.15, 0.2) is 53.3 Å². The summed E-state index contributed by atoms with van der Waals surface area (Å²) in [6, 6.07) is 12.3. The van der Waals surface area contributed by atoms with Crippen molar-refractivity contribution in [2.75, 3.05) is 6.54 Å². The molecule has 27 heavy (non-hydrogen) atoms. The monoisotopic (exact) mass is 401 g/mol. The van der Waals surface area contributed by atoms with E-state index in [9.17, 15) is 9.59 Å². The molecule has 0 bridgehead atoms. The lowest BCUT2D eigenvalue weighted by Crippen LogP contribution is -2.30. The van der Waals surface area contributed by atoms with E-state index in [1.165, 1.54) is 6.08 Å². The number of likely N-dealkylation sites (N-methyl/N-ethyl adjacent to an activating group) is 1. The van der Waals surface area contributed by atoms with Gasteiger partial charge >= 0.3 is 0 Å². The number of aromatic amines is 1. The lowest BCUT2D eigenvalue weighted by Gasteiger charge is -2.18. The first-order valence-electron chi connectivity index (χ1n) is 8.38. The topological polar surface area (TPSA) is 66.1 Å². The van der Waals surface area contributed by atoms with Crippen LogP contribution in [0.1, 0.15) is 18.3 Å². The van der Waals surface area contributed by atoms with Gasteiger partial charge in [-0.3, -0.25) is 9.59 Å². The fourth-order valence-electron chi connectivity index (χ4n) is 2.65. The summed E-state index contributed by atoms with van der Waals surface area (Å²) in [5.41, 5.74) is 1.03. The Morgan fingerprint density at radius 2 is 1.96 bits per heavy atom. The first-order valence-corrected chi connectivity index (χ1v) is 9.14. The molecule has 0 saturated heterocycles. The molecule has 0 aliphatic carbocycles. The second-order valence-corrected chi connectivity index (χ2v) is 6.64. The molecule has 0 spiro atoms. The normalized spacial score (nSPS) is 11.2. The number of amides is 1. The van der Waals surface area contributed by atoms with Crippen LogP contribution in [-0.2, 0) is 11.3 Å². The van der Waals surface area contributed by atoms with E-state index >= 15 is 0 Å². The summed E-state index contributed by atoms with van der Waals surface area (Å²) in [6.45, 7) is 2.52. The van der Waals surface area contributed by atoms with Gasteiger partial charge in [-0.1, -0.05) is 47.5 Å². The van der Waals surface area contributed by atoms with Gasteiger partial charge in [-0.2, -0.15) is 0 Å². The van der Waals surface area contributed by atoms with E-state index in [-0.39, 0.29) is 18.0 Å². The van der Waals surface area contributed by atoms with Crippen molar-refractivity contribution in [2.24, 2.45) is 0 Å².